The molecule has 2 nitrogen and oxygen atoms in total. The van der Waals surface area contributed by atoms with Gasteiger partial charge in [-0.2, -0.15) is 0 Å². The smallest absolute Gasteiger partial charge is 0.0704 e. The van der Waals surface area contributed by atoms with Crippen molar-refractivity contribution in [1.82, 2.24) is 5.32 Å². The topological polar surface area (TPSA) is 21.3 Å². The minimum absolute atomic E-state index is 0.449. The molecule has 1 saturated heterocycles. The molecule has 0 radical (unpaired) electrons. The van der Waals surface area contributed by atoms with Gasteiger partial charge in [-0.15, -0.1) is 11.6 Å². The fraction of sp³-hybridized carbons (Fsp3) is 1.00. The third-order valence-electron chi connectivity index (χ3n) is 3.01. The lowest BCUT2D eigenvalue weighted by Crippen LogP contribution is -2.27. The average Bonchev–Trinajstić information content (AvgIpc) is 2.63. The van der Waals surface area contributed by atoms with Gasteiger partial charge in [0.2, 0.25) is 0 Å². The molecule has 0 aromatic carbocycles. The molecule has 3 unspecified atom stereocenters. The fourth-order valence-corrected chi connectivity index (χ4v) is 2.11. The van der Waals surface area contributed by atoms with Crippen LogP contribution in [0.15, 0.2) is 0 Å². The van der Waals surface area contributed by atoms with Gasteiger partial charge in [0.05, 0.1) is 12.2 Å². The van der Waals surface area contributed by atoms with E-state index in [1.807, 2.05) is 0 Å². The van der Waals surface area contributed by atoms with Crippen LogP contribution >= 0.6 is 11.6 Å². The SMILES string of the molecule is CC(CCl)CCCNCC1CCC(C)O1. The Kier molecular flexibility index (Phi) is 6.62. The Hall–Kier alpha value is 0.210. The lowest BCUT2D eigenvalue weighted by atomic mass is 10.1. The predicted octanol–water partition coefficient (Wildman–Crippen LogP) is 2.80. The fourth-order valence-electron chi connectivity index (χ4n) is 1.95. The van der Waals surface area contributed by atoms with Crippen LogP contribution in [-0.2, 0) is 4.74 Å². The Morgan fingerprint density at radius 3 is 2.87 bits per heavy atom. The summed E-state index contributed by atoms with van der Waals surface area (Å²) in [7, 11) is 0. The number of nitrogens with one attached hydrogen (secondary N) is 1. The zero-order chi connectivity index (χ0) is 11.1. The summed E-state index contributed by atoms with van der Waals surface area (Å²) in [5.41, 5.74) is 0. The van der Waals surface area contributed by atoms with Crippen LogP contribution in [0.2, 0.25) is 0 Å². The largest absolute Gasteiger partial charge is 0.374 e. The second-order valence-corrected chi connectivity index (χ2v) is 5.06. The highest BCUT2D eigenvalue weighted by atomic mass is 35.5. The second-order valence-electron chi connectivity index (χ2n) is 4.75. The lowest BCUT2D eigenvalue weighted by molar-refractivity contribution is 0.0561. The number of ether oxygens (including phenoxy) is 1. The van der Waals surface area contributed by atoms with Gasteiger partial charge in [0.1, 0.15) is 0 Å². The molecule has 90 valence electrons. The first kappa shape index (κ1) is 13.3. The Labute approximate surface area is 98.7 Å². The maximum absolute atomic E-state index is 5.74. The molecule has 1 fully saturated rings. The van der Waals surface area contributed by atoms with E-state index in [1.54, 1.807) is 0 Å². The standard InChI is InChI=1S/C12H24ClNO/c1-10(8-13)4-3-7-14-9-12-6-5-11(2)15-12/h10-12,14H,3-9H2,1-2H3. The van der Waals surface area contributed by atoms with E-state index < -0.39 is 0 Å². The molecule has 1 rings (SSSR count). The van der Waals surface area contributed by atoms with Gasteiger partial charge in [0, 0.05) is 12.4 Å². The quantitative estimate of drug-likeness (QED) is 0.540. The molecular weight excluding hydrogens is 210 g/mol. The number of hydrogen-bond donors (Lipinski definition) is 1. The maximum Gasteiger partial charge on any atom is 0.0704 e. The van der Waals surface area contributed by atoms with Gasteiger partial charge >= 0.3 is 0 Å². The van der Waals surface area contributed by atoms with E-state index in [1.165, 1.54) is 25.7 Å². The van der Waals surface area contributed by atoms with Crippen molar-refractivity contribution in [2.45, 2.75) is 51.7 Å². The Morgan fingerprint density at radius 2 is 2.27 bits per heavy atom. The molecule has 1 heterocycles. The highest BCUT2D eigenvalue weighted by molar-refractivity contribution is 6.18. The normalized spacial score (nSPS) is 28.2. The van der Waals surface area contributed by atoms with Crippen LogP contribution in [0.4, 0.5) is 0 Å². The summed E-state index contributed by atoms with van der Waals surface area (Å²) < 4.78 is 5.73. The Balaban J connectivity index is 1.89. The maximum atomic E-state index is 5.74. The monoisotopic (exact) mass is 233 g/mol. The summed E-state index contributed by atoms with van der Waals surface area (Å²) in [6.45, 7) is 6.46. The zero-order valence-electron chi connectivity index (χ0n) is 9.97. The molecule has 0 amide bonds. The van der Waals surface area contributed by atoms with E-state index in [-0.39, 0.29) is 0 Å². The lowest BCUT2D eigenvalue weighted by Gasteiger charge is -2.12. The summed E-state index contributed by atoms with van der Waals surface area (Å²) in [6, 6.07) is 0. The molecule has 1 N–H and O–H groups in total. The summed E-state index contributed by atoms with van der Waals surface area (Å²) >= 11 is 5.74. The molecule has 3 heteroatoms. The predicted molar refractivity (Wildman–Crippen MR) is 65.6 cm³/mol. The molecular formula is C12H24ClNO. The van der Waals surface area contributed by atoms with Crippen LogP contribution < -0.4 is 5.32 Å². The molecule has 0 spiro atoms. The van der Waals surface area contributed by atoms with Gasteiger partial charge in [-0.3, -0.25) is 0 Å². The van der Waals surface area contributed by atoms with Crippen LogP contribution in [-0.4, -0.2) is 31.2 Å². The second kappa shape index (κ2) is 7.48. The van der Waals surface area contributed by atoms with Gasteiger partial charge in [0.25, 0.3) is 0 Å². The average molecular weight is 234 g/mol. The number of halogens is 1. The third-order valence-corrected chi connectivity index (χ3v) is 3.53. The van der Waals surface area contributed by atoms with E-state index in [0.717, 1.165) is 19.0 Å². The molecule has 0 aromatic rings. The summed E-state index contributed by atoms with van der Waals surface area (Å²) in [4.78, 5) is 0. The van der Waals surface area contributed by atoms with Crippen molar-refractivity contribution >= 4 is 11.6 Å². The van der Waals surface area contributed by atoms with Crippen LogP contribution in [0.5, 0.6) is 0 Å². The number of alkyl halides is 1. The van der Waals surface area contributed by atoms with E-state index in [4.69, 9.17) is 16.3 Å². The number of hydrogen-bond acceptors (Lipinski definition) is 2. The summed E-state index contributed by atoms with van der Waals surface area (Å²) in [5, 5.41) is 3.46. The van der Waals surface area contributed by atoms with Crippen molar-refractivity contribution in [3.63, 3.8) is 0 Å². The Morgan fingerprint density at radius 1 is 1.47 bits per heavy atom. The highest BCUT2D eigenvalue weighted by Crippen LogP contribution is 2.18. The first-order valence-electron chi connectivity index (χ1n) is 6.14. The molecule has 0 saturated carbocycles. The van der Waals surface area contributed by atoms with E-state index in [2.05, 4.69) is 19.2 Å². The molecule has 1 aliphatic rings. The molecule has 0 aliphatic carbocycles. The van der Waals surface area contributed by atoms with Gasteiger partial charge in [0.15, 0.2) is 0 Å². The molecule has 15 heavy (non-hydrogen) atoms. The van der Waals surface area contributed by atoms with E-state index >= 15 is 0 Å². The van der Waals surface area contributed by atoms with Gasteiger partial charge in [-0.1, -0.05) is 6.92 Å². The van der Waals surface area contributed by atoms with Crippen molar-refractivity contribution in [1.29, 1.82) is 0 Å². The van der Waals surface area contributed by atoms with Crippen molar-refractivity contribution in [2.24, 2.45) is 5.92 Å². The van der Waals surface area contributed by atoms with Crippen LogP contribution in [0.3, 0.4) is 0 Å². The summed E-state index contributed by atoms with van der Waals surface area (Å²) in [5.74, 6) is 1.43. The molecule has 0 aromatic heterocycles. The molecule has 0 bridgehead atoms. The van der Waals surface area contributed by atoms with Crippen molar-refractivity contribution < 1.29 is 4.74 Å². The van der Waals surface area contributed by atoms with Gasteiger partial charge < -0.3 is 10.1 Å². The van der Waals surface area contributed by atoms with Crippen LogP contribution in [0.25, 0.3) is 0 Å². The minimum Gasteiger partial charge on any atom is -0.374 e. The van der Waals surface area contributed by atoms with Crippen molar-refractivity contribution in [3.05, 3.63) is 0 Å². The first-order chi connectivity index (χ1) is 7.22. The van der Waals surface area contributed by atoms with Crippen molar-refractivity contribution in [3.8, 4) is 0 Å². The Bertz CT molecular complexity index is 166. The number of rotatable bonds is 7. The zero-order valence-corrected chi connectivity index (χ0v) is 10.7. The van der Waals surface area contributed by atoms with Gasteiger partial charge in [-0.25, -0.2) is 0 Å². The third kappa shape index (κ3) is 5.74. The molecule has 1 aliphatic heterocycles. The van der Waals surface area contributed by atoms with Crippen LogP contribution in [0.1, 0.15) is 39.5 Å². The van der Waals surface area contributed by atoms with E-state index in [9.17, 15) is 0 Å². The molecule has 3 atom stereocenters. The van der Waals surface area contributed by atoms with Crippen LogP contribution in [0, 0.1) is 5.92 Å². The minimum atomic E-state index is 0.449. The van der Waals surface area contributed by atoms with E-state index in [0.29, 0.717) is 18.1 Å². The highest BCUT2D eigenvalue weighted by Gasteiger charge is 2.20. The van der Waals surface area contributed by atoms with Crippen molar-refractivity contribution in [2.75, 3.05) is 19.0 Å². The van der Waals surface area contributed by atoms with Gasteiger partial charge in [-0.05, 0) is 45.1 Å². The first-order valence-corrected chi connectivity index (χ1v) is 6.68. The summed E-state index contributed by atoms with van der Waals surface area (Å²) in [6.07, 6.45) is 5.79.